The lowest BCUT2D eigenvalue weighted by Gasteiger charge is -2.21. The number of ether oxygens (including phenoxy) is 2. The normalized spacial score (nSPS) is 12.6. The molecule has 0 saturated carbocycles. The van der Waals surface area contributed by atoms with Crippen LogP contribution in [0, 0.1) is 0 Å². The zero-order valence-electron chi connectivity index (χ0n) is 25.1. The summed E-state index contributed by atoms with van der Waals surface area (Å²) in [5, 5.41) is 12.2. The Kier molecular flexibility index (Phi) is 11.2. The molecule has 43 heavy (non-hydrogen) atoms. The van der Waals surface area contributed by atoms with Crippen molar-refractivity contribution < 1.29 is 9.47 Å². The van der Waals surface area contributed by atoms with Crippen LogP contribution in [-0.4, -0.2) is 39.1 Å². The van der Waals surface area contributed by atoms with E-state index >= 15 is 0 Å². The van der Waals surface area contributed by atoms with E-state index in [1.54, 1.807) is 22.7 Å². The molecule has 2 unspecified atom stereocenters. The van der Waals surface area contributed by atoms with E-state index in [-0.39, 0.29) is 12.2 Å². The second-order valence-electron chi connectivity index (χ2n) is 10.7. The van der Waals surface area contributed by atoms with Crippen LogP contribution in [0.1, 0.15) is 34.8 Å². The van der Waals surface area contributed by atoms with Crippen molar-refractivity contribution in [2.75, 3.05) is 34.2 Å². The fourth-order valence-corrected chi connectivity index (χ4v) is 6.60. The number of hydrogen-bond acceptors (Lipinski definition) is 6. The van der Waals surface area contributed by atoms with Crippen LogP contribution in [0.15, 0.2) is 120 Å². The highest BCUT2D eigenvalue weighted by atomic mass is 32.1. The van der Waals surface area contributed by atoms with Crippen LogP contribution >= 0.6 is 22.7 Å². The molecule has 0 saturated heterocycles. The number of rotatable bonds is 12. The summed E-state index contributed by atoms with van der Waals surface area (Å²) in [5.41, 5.74) is 0. The summed E-state index contributed by atoms with van der Waals surface area (Å²) in [6, 6.07) is 37.7. The molecule has 0 fully saturated rings. The zero-order valence-corrected chi connectivity index (χ0v) is 26.7. The molecule has 0 aliphatic carbocycles. The van der Waals surface area contributed by atoms with E-state index in [0.29, 0.717) is 0 Å². The summed E-state index contributed by atoms with van der Waals surface area (Å²) in [5.74, 6) is 1.93. The number of nitrogens with one attached hydrogen (secondary N) is 1. The molecule has 0 amide bonds. The third kappa shape index (κ3) is 8.46. The van der Waals surface area contributed by atoms with Gasteiger partial charge in [0.05, 0.1) is 0 Å². The van der Waals surface area contributed by atoms with E-state index in [1.165, 1.54) is 31.3 Å². The molecule has 4 nitrogen and oxygen atoms in total. The third-order valence-corrected chi connectivity index (χ3v) is 9.18. The quantitative estimate of drug-likeness (QED) is 0.150. The second kappa shape index (κ2) is 15.7. The Morgan fingerprint density at radius 2 is 1.09 bits per heavy atom. The summed E-state index contributed by atoms with van der Waals surface area (Å²) in [6.07, 6.45) is 2.15. The van der Waals surface area contributed by atoms with Crippen molar-refractivity contribution in [3.05, 3.63) is 130 Å². The molecule has 1 N–H and O–H groups in total. The van der Waals surface area contributed by atoms with Gasteiger partial charge in [0.25, 0.3) is 0 Å². The van der Waals surface area contributed by atoms with Crippen molar-refractivity contribution in [1.29, 1.82) is 0 Å². The number of fused-ring (bicyclic) bond motifs is 2. The molecule has 2 heterocycles. The summed E-state index contributed by atoms with van der Waals surface area (Å²) < 4.78 is 12.8. The van der Waals surface area contributed by atoms with Crippen LogP contribution < -0.4 is 14.8 Å². The number of thiophene rings is 2. The van der Waals surface area contributed by atoms with Crippen LogP contribution in [-0.2, 0) is 0 Å². The van der Waals surface area contributed by atoms with Crippen molar-refractivity contribution in [1.82, 2.24) is 10.2 Å². The summed E-state index contributed by atoms with van der Waals surface area (Å²) in [6.45, 7) is 1.95. The van der Waals surface area contributed by atoms with E-state index in [1.807, 2.05) is 7.05 Å². The molecule has 0 aliphatic heterocycles. The molecule has 4 aromatic carbocycles. The lowest BCUT2D eigenvalue weighted by atomic mass is 10.1. The average molecular weight is 609 g/mol. The maximum atomic E-state index is 6.41. The Labute approximate surface area is 263 Å². The van der Waals surface area contributed by atoms with Crippen LogP contribution in [0.25, 0.3) is 21.5 Å². The van der Waals surface area contributed by atoms with E-state index in [2.05, 4.69) is 144 Å². The molecule has 2 atom stereocenters. The van der Waals surface area contributed by atoms with Gasteiger partial charge >= 0.3 is 0 Å². The van der Waals surface area contributed by atoms with Gasteiger partial charge in [-0.2, -0.15) is 0 Å². The molecule has 6 rings (SSSR count). The van der Waals surface area contributed by atoms with Crippen LogP contribution in [0.5, 0.6) is 11.5 Å². The lowest BCUT2D eigenvalue weighted by Crippen LogP contribution is -2.18. The molecule has 0 aliphatic rings. The Balaban J connectivity index is 0.000000171. The standard InChI is InChI=1S/C19H21NOS.C18H19NOS/c1-20(2)13-12-18(19-11-6-14-22-19)21-17-10-5-8-15-7-3-4-9-16(15)17;1-19-12-11-17(18-10-5-13-21-18)20-16-9-4-7-14-6-2-3-8-15(14)16/h3-11,14,18H,12-13H2,1-2H3;2-10,13,17,19H,11-12H2,1H3. The highest BCUT2D eigenvalue weighted by Gasteiger charge is 2.17. The molecule has 0 spiro atoms. The summed E-state index contributed by atoms with van der Waals surface area (Å²) in [7, 11) is 6.18. The Hall–Kier alpha value is -3.68. The average Bonchev–Trinajstić information content (AvgIpc) is 3.77. The first-order valence-corrected chi connectivity index (χ1v) is 16.5. The molecule has 0 bridgehead atoms. The highest BCUT2D eigenvalue weighted by Crippen LogP contribution is 2.34. The first-order valence-electron chi connectivity index (χ1n) is 14.8. The molecular weight excluding hydrogens is 569 g/mol. The van der Waals surface area contributed by atoms with E-state index in [0.717, 1.165) is 37.4 Å². The number of nitrogens with zero attached hydrogens (tertiary/aromatic N) is 1. The Morgan fingerprint density at radius 3 is 1.56 bits per heavy atom. The van der Waals surface area contributed by atoms with Gasteiger partial charge in [0, 0.05) is 39.9 Å². The number of hydrogen-bond donors (Lipinski definition) is 1. The minimum atomic E-state index is 0.100. The molecule has 0 radical (unpaired) electrons. The van der Waals surface area contributed by atoms with Gasteiger partial charge in [-0.05, 0) is 73.5 Å². The SMILES string of the molecule is CN(C)CCC(Oc1cccc2ccccc12)c1cccs1.CNCCC(Oc1cccc2ccccc12)c1cccs1. The van der Waals surface area contributed by atoms with Crippen molar-refractivity contribution in [3.8, 4) is 11.5 Å². The van der Waals surface area contributed by atoms with Gasteiger partial charge in [0.15, 0.2) is 0 Å². The molecule has 2 aromatic heterocycles. The van der Waals surface area contributed by atoms with Gasteiger partial charge in [0.1, 0.15) is 23.7 Å². The molecule has 222 valence electrons. The van der Waals surface area contributed by atoms with Gasteiger partial charge in [-0.3, -0.25) is 0 Å². The van der Waals surface area contributed by atoms with E-state index in [4.69, 9.17) is 9.47 Å². The second-order valence-corrected chi connectivity index (χ2v) is 12.6. The van der Waals surface area contributed by atoms with Crippen molar-refractivity contribution in [2.45, 2.75) is 25.0 Å². The molecule has 6 aromatic rings. The van der Waals surface area contributed by atoms with Crippen LogP contribution in [0.3, 0.4) is 0 Å². The Morgan fingerprint density at radius 1 is 0.605 bits per heavy atom. The van der Waals surface area contributed by atoms with E-state index < -0.39 is 0 Å². The first-order chi connectivity index (χ1) is 21.1. The van der Waals surface area contributed by atoms with Gasteiger partial charge in [0.2, 0.25) is 0 Å². The molecule has 6 heteroatoms. The maximum absolute atomic E-state index is 6.41. The van der Waals surface area contributed by atoms with Gasteiger partial charge in [-0.1, -0.05) is 84.9 Å². The smallest absolute Gasteiger partial charge is 0.134 e. The molecular formula is C37H40N2O2S2. The Bertz CT molecular complexity index is 1650. The lowest BCUT2D eigenvalue weighted by molar-refractivity contribution is 0.185. The predicted octanol–water partition coefficient (Wildman–Crippen LogP) is 9.60. The van der Waals surface area contributed by atoms with E-state index in [9.17, 15) is 0 Å². The summed E-state index contributed by atoms with van der Waals surface area (Å²) >= 11 is 3.52. The van der Waals surface area contributed by atoms with Gasteiger partial charge < -0.3 is 19.7 Å². The fraction of sp³-hybridized carbons (Fsp3) is 0.243. The third-order valence-electron chi connectivity index (χ3n) is 7.25. The topological polar surface area (TPSA) is 33.7 Å². The maximum Gasteiger partial charge on any atom is 0.134 e. The monoisotopic (exact) mass is 608 g/mol. The van der Waals surface area contributed by atoms with Crippen molar-refractivity contribution in [3.63, 3.8) is 0 Å². The minimum Gasteiger partial charge on any atom is -0.484 e. The zero-order chi connectivity index (χ0) is 29.9. The van der Waals surface area contributed by atoms with Crippen LogP contribution in [0.2, 0.25) is 0 Å². The van der Waals surface area contributed by atoms with Crippen molar-refractivity contribution in [2.24, 2.45) is 0 Å². The van der Waals surface area contributed by atoms with Gasteiger partial charge in [-0.25, -0.2) is 0 Å². The van der Waals surface area contributed by atoms with Crippen LogP contribution in [0.4, 0.5) is 0 Å². The predicted molar refractivity (Wildman–Crippen MR) is 185 cm³/mol. The fourth-order valence-electron chi connectivity index (χ4n) is 5.02. The summed E-state index contributed by atoms with van der Waals surface area (Å²) in [4.78, 5) is 4.76. The van der Waals surface area contributed by atoms with Gasteiger partial charge in [-0.15, -0.1) is 22.7 Å². The van der Waals surface area contributed by atoms with Crippen molar-refractivity contribution >= 4 is 44.2 Å². The minimum absolute atomic E-state index is 0.100. The highest BCUT2D eigenvalue weighted by molar-refractivity contribution is 7.10. The number of benzene rings is 4. The first kappa shape index (κ1) is 30.8. The largest absolute Gasteiger partial charge is 0.484 e.